The van der Waals surface area contributed by atoms with E-state index in [9.17, 15) is 4.79 Å². The van der Waals surface area contributed by atoms with Crippen LogP contribution in [-0.4, -0.2) is 31.1 Å². The second-order valence-electron chi connectivity index (χ2n) is 6.18. The molecule has 1 heterocycles. The van der Waals surface area contributed by atoms with Crippen molar-refractivity contribution in [2.45, 2.75) is 25.9 Å². The number of carbonyl (C=O) groups excluding carboxylic acids is 1. The van der Waals surface area contributed by atoms with Gasteiger partial charge < -0.3 is 10.1 Å². The highest BCUT2D eigenvalue weighted by atomic mass is 35.5. The van der Waals surface area contributed by atoms with Crippen LogP contribution in [0, 0.1) is 6.92 Å². The lowest BCUT2D eigenvalue weighted by atomic mass is 10.2. The number of nitrogens with zero attached hydrogens (tertiary/aromatic N) is 1. The van der Waals surface area contributed by atoms with Gasteiger partial charge in [0.15, 0.2) is 0 Å². The number of ether oxygens (including phenoxy) is 1. The molecule has 1 fully saturated rings. The number of benzene rings is 2. The molecule has 0 aromatic heterocycles. The molecule has 1 atom stereocenters. The maximum Gasteiger partial charge on any atom is 0.257 e. The van der Waals surface area contributed by atoms with Gasteiger partial charge in [-0.15, -0.1) is 0 Å². The van der Waals surface area contributed by atoms with Gasteiger partial charge in [0.25, 0.3) is 5.91 Å². The topological polar surface area (TPSA) is 62.7 Å². The van der Waals surface area contributed by atoms with Gasteiger partial charge in [0.1, 0.15) is 0 Å². The van der Waals surface area contributed by atoms with Crippen molar-refractivity contribution >= 4 is 29.2 Å². The first kappa shape index (κ1) is 18.4. The maximum absolute atomic E-state index is 12.5. The molecule has 0 spiro atoms. The van der Waals surface area contributed by atoms with Crippen molar-refractivity contribution in [3.63, 3.8) is 0 Å². The van der Waals surface area contributed by atoms with Crippen molar-refractivity contribution in [2.24, 2.45) is 4.99 Å². The summed E-state index contributed by atoms with van der Waals surface area (Å²) in [4.78, 5) is 17.0. The number of guanidine groups is 1. The van der Waals surface area contributed by atoms with Crippen LogP contribution in [0.4, 0.5) is 5.69 Å². The normalized spacial score (nSPS) is 17.2. The zero-order chi connectivity index (χ0) is 18.4. The number of aliphatic imine (C=N–C) groups is 1. The summed E-state index contributed by atoms with van der Waals surface area (Å²) in [7, 11) is 0. The molecule has 0 radical (unpaired) electrons. The lowest BCUT2D eigenvalue weighted by molar-refractivity contribution is 0.0975. The Morgan fingerprint density at radius 2 is 2.04 bits per heavy atom. The zero-order valence-corrected chi connectivity index (χ0v) is 15.4. The Morgan fingerprint density at radius 1 is 1.23 bits per heavy atom. The summed E-state index contributed by atoms with van der Waals surface area (Å²) in [6.45, 7) is 3.19. The second-order valence-corrected chi connectivity index (χ2v) is 6.59. The van der Waals surface area contributed by atoms with Crippen LogP contribution < -0.4 is 10.6 Å². The van der Waals surface area contributed by atoms with Gasteiger partial charge in [0.2, 0.25) is 5.96 Å². The number of amides is 1. The van der Waals surface area contributed by atoms with E-state index < -0.39 is 0 Å². The first-order valence-electron chi connectivity index (χ1n) is 8.68. The monoisotopic (exact) mass is 371 g/mol. The number of hydrogen-bond donors (Lipinski definition) is 2. The molecule has 0 aliphatic carbocycles. The smallest absolute Gasteiger partial charge is 0.257 e. The Morgan fingerprint density at radius 3 is 2.77 bits per heavy atom. The van der Waals surface area contributed by atoms with Crippen molar-refractivity contribution < 1.29 is 9.53 Å². The molecule has 5 nitrogen and oxygen atoms in total. The molecular formula is C20H22ClN3O2. The van der Waals surface area contributed by atoms with Gasteiger partial charge in [-0.3, -0.25) is 10.1 Å². The largest absolute Gasteiger partial charge is 0.376 e. The van der Waals surface area contributed by atoms with E-state index in [1.54, 1.807) is 12.1 Å². The summed E-state index contributed by atoms with van der Waals surface area (Å²) in [5, 5.41) is 6.70. The Kier molecular flexibility index (Phi) is 6.26. The van der Waals surface area contributed by atoms with E-state index in [1.807, 2.05) is 43.3 Å². The minimum Gasteiger partial charge on any atom is -0.376 e. The second kappa shape index (κ2) is 8.83. The van der Waals surface area contributed by atoms with E-state index in [-0.39, 0.29) is 12.0 Å². The Hall–Kier alpha value is -2.37. The fraction of sp³-hybridized carbons (Fsp3) is 0.300. The number of hydrogen-bond acceptors (Lipinski definition) is 3. The molecule has 26 heavy (non-hydrogen) atoms. The molecule has 2 N–H and O–H groups in total. The lowest BCUT2D eigenvalue weighted by Crippen LogP contribution is -2.37. The Labute approximate surface area is 158 Å². The van der Waals surface area contributed by atoms with Crippen molar-refractivity contribution in [1.82, 2.24) is 5.32 Å². The molecule has 0 unspecified atom stereocenters. The van der Waals surface area contributed by atoms with Gasteiger partial charge in [-0.2, -0.15) is 0 Å². The fourth-order valence-corrected chi connectivity index (χ4v) is 2.91. The highest BCUT2D eigenvalue weighted by Gasteiger charge is 2.16. The quantitative estimate of drug-likeness (QED) is 0.630. The van der Waals surface area contributed by atoms with Crippen LogP contribution in [-0.2, 0) is 4.74 Å². The van der Waals surface area contributed by atoms with Gasteiger partial charge in [-0.1, -0.05) is 35.9 Å². The summed E-state index contributed by atoms with van der Waals surface area (Å²) in [5.41, 5.74) is 2.27. The van der Waals surface area contributed by atoms with Gasteiger partial charge in [-0.05, 0) is 49.6 Å². The summed E-state index contributed by atoms with van der Waals surface area (Å²) < 4.78 is 5.62. The molecule has 6 heteroatoms. The average molecular weight is 372 g/mol. The number of carbonyl (C=O) groups is 1. The highest BCUT2D eigenvalue weighted by Crippen LogP contribution is 2.23. The van der Waals surface area contributed by atoms with Gasteiger partial charge in [0, 0.05) is 22.9 Å². The van der Waals surface area contributed by atoms with Gasteiger partial charge in [0.05, 0.1) is 12.6 Å². The molecule has 2 aromatic carbocycles. The van der Waals surface area contributed by atoms with Crippen LogP contribution in [0.15, 0.2) is 53.5 Å². The molecule has 1 saturated heterocycles. The van der Waals surface area contributed by atoms with Crippen molar-refractivity contribution in [3.8, 4) is 0 Å². The Bertz CT molecular complexity index is 787. The molecule has 1 aliphatic heterocycles. The molecule has 1 aliphatic rings. The molecule has 1 amide bonds. The van der Waals surface area contributed by atoms with E-state index >= 15 is 0 Å². The summed E-state index contributed by atoms with van der Waals surface area (Å²) in [5.74, 6) is 0.170. The van der Waals surface area contributed by atoms with E-state index in [0.29, 0.717) is 23.1 Å². The molecular weight excluding hydrogens is 350 g/mol. The summed E-state index contributed by atoms with van der Waals surface area (Å²) >= 11 is 6.19. The van der Waals surface area contributed by atoms with Crippen LogP contribution in [0.3, 0.4) is 0 Å². The molecule has 136 valence electrons. The third kappa shape index (κ3) is 4.84. The van der Waals surface area contributed by atoms with Crippen molar-refractivity contribution in [1.29, 1.82) is 0 Å². The number of anilines is 1. The number of nitrogens with one attached hydrogen (secondary N) is 2. The molecule has 0 saturated carbocycles. The average Bonchev–Trinajstić information content (AvgIpc) is 3.17. The maximum atomic E-state index is 12.5. The third-order valence-electron chi connectivity index (χ3n) is 4.27. The van der Waals surface area contributed by atoms with Crippen LogP contribution in [0.25, 0.3) is 0 Å². The number of rotatable bonds is 4. The van der Waals surface area contributed by atoms with Crippen LogP contribution >= 0.6 is 11.6 Å². The van der Waals surface area contributed by atoms with E-state index in [1.165, 1.54) is 0 Å². The summed E-state index contributed by atoms with van der Waals surface area (Å²) in [6.07, 6.45) is 2.13. The molecule has 2 aromatic rings. The van der Waals surface area contributed by atoms with Crippen LogP contribution in [0.5, 0.6) is 0 Å². The fourth-order valence-electron chi connectivity index (χ4n) is 2.73. The van der Waals surface area contributed by atoms with Crippen LogP contribution in [0.1, 0.15) is 28.8 Å². The molecule has 3 rings (SSSR count). The van der Waals surface area contributed by atoms with E-state index in [0.717, 1.165) is 30.7 Å². The zero-order valence-electron chi connectivity index (χ0n) is 14.7. The van der Waals surface area contributed by atoms with Gasteiger partial charge in [-0.25, -0.2) is 4.99 Å². The van der Waals surface area contributed by atoms with Crippen LogP contribution in [0.2, 0.25) is 5.02 Å². The SMILES string of the molecule is Cc1c(Cl)cccc1NC(=NC[C@H]1CCCO1)NC(=O)c1ccccc1. The summed E-state index contributed by atoms with van der Waals surface area (Å²) in [6, 6.07) is 14.6. The third-order valence-corrected chi connectivity index (χ3v) is 4.68. The van der Waals surface area contributed by atoms with E-state index in [4.69, 9.17) is 16.3 Å². The van der Waals surface area contributed by atoms with Gasteiger partial charge >= 0.3 is 0 Å². The van der Waals surface area contributed by atoms with Crippen molar-refractivity contribution in [3.05, 3.63) is 64.7 Å². The predicted molar refractivity (Wildman–Crippen MR) is 105 cm³/mol. The first-order valence-corrected chi connectivity index (χ1v) is 9.06. The lowest BCUT2D eigenvalue weighted by Gasteiger charge is -2.15. The standard InChI is InChI=1S/C20H22ClN3O2/c1-14-17(21)10-5-11-18(14)23-20(22-13-16-9-6-12-26-16)24-19(25)15-7-3-2-4-8-15/h2-5,7-8,10-11,16H,6,9,12-13H2,1H3,(H2,22,23,24,25)/t16-/m1/s1. The van der Waals surface area contributed by atoms with E-state index in [2.05, 4.69) is 15.6 Å². The van der Waals surface area contributed by atoms with Crippen molar-refractivity contribution in [2.75, 3.05) is 18.5 Å². The minimum atomic E-state index is -0.219. The highest BCUT2D eigenvalue weighted by molar-refractivity contribution is 6.31. The number of halogens is 1. The molecule has 0 bridgehead atoms. The predicted octanol–water partition coefficient (Wildman–Crippen LogP) is 4.03. The Balaban J connectivity index is 1.77. The minimum absolute atomic E-state index is 0.0980. The first-order chi connectivity index (χ1) is 12.6.